The molecular weight excluding hydrogens is 238 g/mol. The quantitative estimate of drug-likeness (QED) is 0.707. The number of aromatic nitrogens is 2. The molecule has 0 radical (unpaired) electrons. The lowest BCUT2D eigenvalue weighted by Gasteiger charge is -2.17. The van der Waals surface area contributed by atoms with Gasteiger partial charge >= 0.3 is 0 Å². The molecule has 0 bridgehead atoms. The summed E-state index contributed by atoms with van der Waals surface area (Å²) in [5.41, 5.74) is 2.54. The van der Waals surface area contributed by atoms with Crippen molar-refractivity contribution in [1.29, 1.82) is 0 Å². The van der Waals surface area contributed by atoms with Gasteiger partial charge in [0.2, 0.25) is 0 Å². The van der Waals surface area contributed by atoms with Gasteiger partial charge < -0.3 is 10.1 Å². The highest BCUT2D eigenvalue weighted by atomic mass is 16.5. The van der Waals surface area contributed by atoms with Crippen molar-refractivity contribution in [3.05, 3.63) is 17.5 Å². The minimum atomic E-state index is 0.440. The van der Waals surface area contributed by atoms with E-state index in [2.05, 4.69) is 41.9 Å². The highest BCUT2D eigenvalue weighted by Crippen LogP contribution is 2.10. The molecule has 1 aromatic rings. The lowest BCUT2D eigenvalue weighted by Crippen LogP contribution is -2.34. The molecule has 0 amide bonds. The molecule has 19 heavy (non-hydrogen) atoms. The molecule has 4 nitrogen and oxygen atoms in total. The van der Waals surface area contributed by atoms with Gasteiger partial charge in [-0.15, -0.1) is 0 Å². The van der Waals surface area contributed by atoms with Crippen LogP contribution in [0.25, 0.3) is 0 Å². The average molecular weight is 267 g/mol. The Labute approximate surface area is 117 Å². The van der Waals surface area contributed by atoms with Crippen molar-refractivity contribution >= 4 is 0 Å². The molecule has 4 heteroatoms. The summed E-state index contributed by atoms with van der Waals surface area (Å²) >= 11 is 0. The fourth-order valence-corrected chi connectivity index (χ4v) is 2.28. The van der Waals surface area contributed by atoms with Crippen LogP contribution in [-0.2, 0) is 24.1 Å². The molecule has 1 unspecified atom stereocenters. The molecule has 0 spiro atoms. The average Bonchev–Trinajstić information content (AvgIpc) is 2.84. The van der Waals surface area contributed by atoms with Gasteiger partial charge in [-0.25, -0.2) is 0 Å². The first-order valence-corrected chi connectivity index (χ1v) is 7.52. The van der Waals surface area contributed by atoms with Crippen LogP contribution in [0.1, 0.15) is 45.0 Å². The number of rotatable bonds is 10. The summed E-state index contributed by atoms with van der Waals surface area (Å²) in [5.74, 6) is 0. The number of methoxy groups -OCH3 is 1. The fourth-order valence-electron chi connectivity index (χ4n) is 2.28. The number of nitrogens with one attached hydrogen (secondary N) is 1. The second-order valence-electron chi connectivity index (χ2n) is 4.94. The van der Waals surface area contributed by atoms with Crippen molar-refractivity contribution in [2.24, 2.45) is 0 Å². The predicted molar refractivity (Wildman–Crippen MR) is 79.6 cm³/mol. The summed E-state index contributed by atoms with van der Waals surface area (Å²) in [4.78, 5) is 0. The Balaban J connectivity index is 2.54. The van der Waals surface area contributed by atoms with Crippen molar-refractivity contribution in [1.82, 2.24) is 15.1 Å². The summed E-state index contributed by atoms with van der Waals surface area (Å²) in [5, 5.41) is 8.14. The standard InChI is InChI=1S/C15H29N3O/c1-5-10-16-14(12-19-4)8-9-15-11-13(6-2)17-18(15)7-3/h11,14,16H,5-10,12H2,1-4H3. The third-order valence-electron chi connectivity index (χ3n) is 3.38. The van der Waals surface area contributed by atoms with Gasteiger partial charge in [0.1, 0.15) is 0 Å². The zero-order valence-corrected chi connectivity index (χ0v) is 12.9. The normalized spacial score (nSPS) is 12.8. The molecule has 0 aliphatic heterocycles. The van der Waals surface area contributed by atoms with Crippen LogP contribution >= 0.6 is 0 Å². The molecule has 0 aliphatic carbocycles. The number of hydrogen-bond donors (Lipinski definition) is 1. The van der Waals surface area contributed by atoms with Crippen LogP contribution in [0, 0.1) is 0 Å². The van der Waals surface area contributed by atoms with Crippen molar-refractivity contribution in [2.45, 2.75) is 59.0 Å². The summed E-state index contributed by atoms with van der Waals surface area (Å²) < 4.78 is 7.41. The highest BCUT2D eigenvalue weighted by molar-refractivity contribution is 5.10. The van der Waals surface area contributed by atoms with E-state index in [4.69, 9.17) is 4.74 Å². The minimum Gasteiger partial charge on any atom is -0.383 e. The summed E-state index contributed by atoms with van der Waals surface area (Å²) in [6.45, 7) is 9.28. The molecule has 0 saturated heterocycles. The zero-order chi connectivity index (χ0) is 14.1. The fraction of sp³-hybridized carbons (Fsp3) is 0.800. The van der Waals surface area contributed by atoms with Crippen LogP contribution in [-0.4, -0.2) is 36.1 Å². The van der Waals surface area contributed by atoms with Gasteiger partial charge in [0, 0.05) is 25.4 Å². The van der Waals surface area contributed by atoms with Gasteiger partial charge in [0.25, 0.3) is 0 Å². The van der Waals surface area contributed by atoms with Gasteiger partial charge in [-0.05, 0) is 45.2 Å². The van der Waals surface area contributed by atoms with E-state index in [1.54, 1.807) is 7.11 Å². The number of ether oxygens (including phenoxy) is 1. The van der Waals surface area contributed by atoms with E-state index in [1.165, 1.54) is 11.4 Å². The van der Waals surface area contributed by atoms with E-state index in [1.807, 2.05) is 0 Å². The third kappa shape index (κ3) is 5.33. The molecule has 1 rings (SSSR count). The molecule has 0 saturated carbocycles. The summed E-state index contributed by atoms with van der Waals surface area (Å²) in [7, 11) is 1.77. The molecule has 1 aromatic heterocycles. The third-order valence-corrected chi connectivity index (χ3v) is 3.38. The van der Waals surface area contributed by atoms with Crippen molar-refractivity contribution in [3.63, 3.8) is 0 Å². The van der Waals surface area contributed by atoms with Crippen LogP contribution in [0.5, 0.6) is 0 Å². The summed E-state index contributed by atoms with van der Waals surface area (Å²) in [6, 6.07) is 2.68. The van der Waals surface area contributed by atoms with Gasteiger partial charge in [-0.2, -0.15) is 5.10 Å². The van der Waals surface area contributed by atoms with Crippen LogP contribution in [0.3, 0.4) is 0 Å². The monoisotopic (exact) mass is 267 g/mol. The Hall–Kier alpha value is -0.870. The smallest absolute Gasteiger partial charge is 0.0624 e. The Bertz CT molecular complexity index is 349. The SMILES string of the molecule is CCCNC(CCc1cc(CC)nn1CC)COC. The maximum absolute atomic E-state index is 5.29. The highest BCUT2D eigenvalue weighted by Gasteiger charge is 2.11. The van der Waals surface area contributed by atoms with Crippen LogP contribution in [0.2, 0.25) is 0 Å². The van der Waals surface area contributed by atoms with Gasteiger partial charge in [0.15, 0.2) is 0 Å². The van der Waals surface area contributed by atoms with E-state index in [0.29, 0.717) is 6.04 Å². The Morgan fingerprint density at radius 3 is 2.74 bits per heavy atom. The minimum absolute atomic E-state index is 0.440. The van der Waals surface area contributed by atoms with E-state index in [0.717, 1.165) is 45.4 Å². The maximum atomic E-state index is 5.29. The second kappa shape index (κ2) is 9.10. The first kappa shape index (κ1) is 16.2. The summed E-state index contributed by atoms with van der Waals surface area (Å²) in [6.07, 6.45) is 4.33. The van der Waals surface area contributed by atoms with Crippen molar-refractivity contribution in [2.75, 3.05) is 20.3 Å². The van der Waals surface area contributed by atoms with Crippen molar-refractivity contribution < 1.29 is 4.74 Å². The first-order valence-electron chi connectivity index (χ1n) is 7.52. The van der Waals surface area contributed by atoms with Gasteiger partial charge in [0.05, 0.1) is 12.3 Å². The lowest BCUT2D eigenvalue weighted by atomic mass is 10.1. The number of hydrogen-bond acceptors (Lipinski definition) is 3. The largest absolute Gasteiger partial charge is 0.383 e. The predicted octanol–water partition coefficient (Wildman–Crippen LogP) is 2.41. The van der Waals surface area contributed by atoms with E-state index >= 15 is 0 Å². The first-order chi connectivity index (χ1) is 9.24. The molecule has 0 fully saturated rings. The molecule has 0 aliphatic rings. The van der Waals surface area contributed by atoms with Gasteiger partial charge in [-0.3, -0.25) is 4.68 Å². The molecule has 1 N–H and O–H groups in total. The Morgan fingerprint density at radius 1 is 1.37 bits per heavy atom. The molecule has 1 heterocycles. The maximum Gasteiger partial charge on any atom is 0.0624 e. The second-order valence-corrected chi connectivity index (χ2v) is 4.94. The lowest BCUT2D eigenvalue weighted by molar-refractivity contribution is 0.162. The van der Waals surface area contributed by atoms with E-state index < -0.39 is 0 Å². The Morgan fingerprint density at radius 2 is 2.16 bits per heavy atom. The van der Waals surface area contributed by atoms with E-state index in [-0.39, 0.29) is 0 Å². The molecule has 110 valence electrons. The zero-order valence-electron chi connectivity index (χ0n) is 12.9. The van der Waals surface area contributed by atoms with E-state index in [9.17, 15) is 0 Å². The molecule has 0 aromatic carbocycles. The molecule has 1 atom stereocenters. The van der Waals surface area contributed by atoms with Crippen molar-refractivity contribution in [3.8, 4) is 0 Å². The number of nitrogens with zero attached hydrogens (tertiary/aromatic N) is 2. The Kier molecular flexibility index (Phi) is 7.75. The van der Waals surface area contributed by atoms with Gasteiger partial charge in [-0.1, -0.05) is 13.8 Å². The topological polar surface area (TPSA) is 39.1 Å². The molecular formula is C15H29N3O. The van der Waals surface area contributed by atoms with Crippen LogP contribution in [0.4, 0.5) is 0 Å². The number of aryl methyl sites for hydroxylation is 3. The van der Waals surface area contributed by atoms with Crippen LogP contribution < -0.4 is 5.32 Å². The van der Waals surface area contributed by atoms with Crippen LogP contribution in [0.15, 0.2) is 6.07 Å².